The molecular weight excluding hydrogens is 284 g/mol. The molecule has 0 bridgehead atoms. The highest BCUT2D eigenvalue weighted by Crippen LogP contribution is 2.24. The largest absolute Gasteiger partial charge is 0.348 e. The van der Waals surface area contributed by atoms with Crippen molar-refractivity contribution < 1.29 is 4.79 Å². The maximum absolute atomic E-state index is 12.3. The fourth-order valence-corrected chi connectivity index (χ4v) is 3.47. The van der Waals surface area contributed by atoms with Crippen molar-refractivity contribution in [1.29, 1.82) is 0 Å². The second-order valence-electron chi connectivity index (χ2n) is 5.60. The Morgan fingerprint density at radius 3 is 3.24 bits per heavy atom. The summed E-state index contributed by atoms with van der Waals surface area (Å²) >= 11 is 1.92. The summed E-state index contributed by atoms with van der Waals surface area (Å²) in [6, 6.07) is 0.306. The minimum Gasteiger partial charge on any atom is -0.348 e. The maximum atomic E-state index is 12.3. The lowest BCUT2D eigenvalue weighted by Crippen LogP contribution is -2.47. The van der Waals surface area contributed by atoms with E-state index >= 15 is 0 Å². The molecule has 0 radical (unpaired) electrons. The van der Waals surface area contributed by atoms with Gasteiger partial charge < -0.3 is 15.2 Å². The van der Waals surface area contributed by atoms with Gasteiger partial charge in [0.15, 0.2) is 0 Å². The van der Waals surface area contributed by atoms with Gasteiger partial charge in [0.1, 0.15) is 5.82 Å². The predicted octanol–water partition coefficient (Wildman–Crippen LogP) is 2.83. The van der Waals surface area contributed by atoms with Gasteiger partial charge in [-0.3, -0.25) is 0 Å². The summed E-state index contributed by atoms with van der Waals surface area (Å²) in [5.74, 6) is 3.58. The average Bonchev–Trinajstić information content (AvgIpc) is 3.02. The molecule has 118 valence electrons. The Kier molecular flexibility index (Phi) is 6.42. The highest BCUT2D eigenvalue weighted by atomic mass is 32.2. The van der Waals surface area contributed by atoms with Crippen molar-refractivity contribution in [3.63, 3.8) is 0 Å². The van der Waals surface area contributed by atoms with Crippen LogP contribution in [-0.4, -0.2) is 51.5 Å². The molecule has 0 aromatic carbocycles. The van der Waals surface area contributed by atoms with E-state index in [2.05, 4.69) is 29.1 Å². The van der Waals surface area contributed by atoms with Gasteiger partial charge in [0.05, 0.1) is 0 Å². The zero-order valence-corrected chi connectivity index (χ0v) is 13.8. The topological polar surface area (TPSA) is 61.0 Å². The molecule has 2 heterocycles. The van der Waals surface area contributed by atoms with Crippen molar-refractivity contribution in [3.8, 4) is 0 Å². The third-order valence-corrected chi connectivity index (χ3v) is 4.82. The third-order valence-electron chi connectivity index (χ3n) is 3.88. The molecule has 2 N–H and O–H groups in total. The Bertz CT molecular complexity index is 423. The minimum absolute atomic E-state index is 0.0697. The van der Waals surface area contributed by atoms with E-state index in [0.717, 1.165) is 49.7 Å². The molecule has 1 aliphatic heterocycles. The molecule has 1 aromatic heterocycles. The summed E-state index contributed by atoms with van der Waals surface area (Å²) in [6.45, 7) is 5.85. The normalized spacial score (nSPS) is 20.3. The van der Waals surface area contributed by atoms with Crippen molar-refractivity contribution in [2.24, 2.45) is 0 Å². The van der Waals surface area contributed by atoms with Crippen LogP contribution in [0.15, 0.2) is 12.4 Å². The predicted molar refractivity (Wildman–Crippen MR) is 87.7 cm³/mol. The minimum atomic E-state index is 0.0697. The van der Waals surface area contributed by atoms with Crippen molar-refractivity contribution >= 4 is 17.8 Å². The molecular formula is C15H26N4OS. The lowest BCUT2D eigenvalue weighted by molar-refractivity contribution is 0.175. The number of nitrogens with zero attached hydrogens (tertiary/aromatic N) is 2. The molecule has 0 unspecified atom stereocenters. The molecule has 1 aromatic rings. The Labute approximate surface area is 131 Å². The van der Waals surface area contributed by atoms with E-state index in [-0.39, 0.29) is 12.1 Å². The molecule has 1 fully saturated rings. The first-order chi connectivity index (χ1) is 10.2. The van der Waals surface area contributed by atoms with Crippen molar-refractivity contribution in [2.45, 2.75) is 45.1 Å². The molecule has 2 atom stereocenters. The number of aromatic nitrogens is 2. The molecule has 5 nitrogen and oxygen atoms in total. The highest BCUT2D eigenvalue weighted by molar-refractivity contribution is 7.99. The molecule has 1 aliphatic rings. The summed E-state index contributed by atoms with van der Waals surface area (Å²) in [4.78, 5) is 21.8. The van der Waals surface area contributed by atoms with Gasteiger partial charge in [0.25, 0.3) is 0 Å². The van der Waals surface area contributed by atoms with Crippen LogP contribution in [0.3, 0.4) is 0 Å². The lowest BCUT2D eigenvalue weighted by Gasteiger charge is -2.32. The van der Waals surface area contributed by atoms with E-state index in [1.54, 1.807) is 6.20 Å². The van der Waals surface area contributed by atoms with Gasteiger partial charge in [-0.1, -0.05) is 6.92 Å². The first kappa shape index (κ1) is 16.2. The zero-order chi connectivity index (χ0) is 15.1. The van der Waals surface area contributed by atoms with Gasteiger partial charge in [0.2, 0.25) is 0 Å². The number of rotatable bonds is 6. The van der Waals surface area contributed by atoms with Crippen LogP contribution in [0.5, 0.6) is 0 Å². The van der Waals surface area contributed by atoms with E-state index in [0.29, 0.717) is 5.92 Å². The number of aromatic amines is 1. The average molecular weight is 310 g/mol. The van der Waals surface area contributed by atoms with Gasteiger partial charge >= 0.3 is 6.03 Å². The van der Waals surface area contributed by atoms with Gasteiger partial charge in [0, 0.05) is 37.4 Å². The van der Waals surface area contributed by atoms with E-state index in [1.807, 2.05) is 22.9 Å². The van der Waals surface area contributed by atoms with Gasteiger partial charge in [-0.2, -0.15) is 11.8 Å². The standard InChI is InChI=1S/C15H26N4OS/c1-3-21-10-6-12(2)18-15(20)19-9-4-5-13(11-19)14-16-7-8-17-14/h7-8,12-13H,3-6,9-11H2,1-2H3,(H,16,17)(H,18,20)/t12-,13-/m1/s1. The van der Waals surface area contributed by atoms with Crippen LogP contribution in [0, 0.1) is 0 Å². The Morgan fingerprint density at radius 1 is 1.67 bits per heavy atom. The Morgan fingerprint density at radius 2 is 2.52 bits per heavy atom. The molecule has 0 spiro atoms. The fourth-order valence-electron chi connectivity index (χ4n) is 2.66. The Balaban J connectivity index is 1.79. The third kappa shape index (κ3) is 4.95. The van der Waals surface area contributed by atoms with Crippen LogP contribution in [-0.2, 0) is 0 Å². The summed E-state index contributed by atoms with van der Waals surface area (Å²) < 4.78 is 0. The summed E-state index contributed by atoms with van der Waals surface area (Å²) in [5.41, 5.74) is 0. The number of hydrogen-bond donors (Lipinski definition) is 2. The number of urea groups is 1. The van der Waals surface area contributed by atoms with E-state index in [1.165, 1.54) is 0 Å². The molecule has 21 heavy (non-hydrogen) atoms. The second-order valence-corrected chi connectivity index (χ2v) is 6.99. The number of carbonyl (C=O) groups is 1. The van der Waals surface area contributed by atoms with Crippen LogP contribution in [0.2, 0.25) is 0 Å². The number of likely N-dealkylation sites (tertiary alicyclic amines) is 1. The van der Waals surface area contributed by atoms with Crippen molar-refractivity contribution in [1.82, 2.24) is 20.2 Å². The number of amides is 2. The lowest BCUT2D eigenvalue weighted by atomic mass is 9.97. The van der Waals surface area contributed by atoms with Crippen molar-refractivity contribution in [3.05, 3.63) is 18.2 Å². The number of hydrogen-bond acceptors (Lipinski definition) is 3. The first-order valence-electron chi connectivity index (χ1n) is 7.83. The SMILES string of the molecule is CCSCC[C@@H](C)NC(=O)N1CCC[C@@H](c2ncc[nH]2)C1. The van der Waals surface area contributed by atoms with E-state index in [4.69, 9.17) is 0 Å². The van der Waals surface area contributed by atoms with Gasteiger partial charge in [-0.25, -0.2) is 9.78 Å². The molecule has 2 rings (SSSR count). The number of thioether (sulfide) groups is 1. The van der Waals surface area contributed by atoms with Gasteiger partial charge in [-0.05, 0) is 37.7 Å². The molecule has 1 saturated heterocycles. The van der Waals surface area contributed by atoms with Crippen LogP contribution in [0.1, 0.15) is 44.9 Å². The van der Waals surface area contributed by atoms with E-state index in [9.17, 15) is 4.79 Å². The smallest absolute Gasteiger partial charge is 0.317 e. The number of carbonyl (C=O) groups excluding carboxylic acids is 1. The van der Waals surface area contributed by atoms with E-state index < -0.39 is 0 Å². The van der Waals surface area contributed by atoms with Crippen LogP contribution in [0.4, 0.5) is 4.79 Å². The first-order valence-corrected chi connectivity index (χ1v) is 8.98. The van der Waals surface area contributed by atoms with Crippen molar-refractivity contribution in [2.75, 3.05) is 24.6 Å². The number of H-pyrrole nitrogens is 1. The molecule has 0 saturated carbocycles. The highest BCUT2D eigenvalue weighted by Gasteiger charge is 2.26. The van der Waals surface area contributed by atoms with Crippen LogP contribution in [0.25, 0.3) is 0 Å². The summed E-state index contributed by atoms with van der Waals surface area (Å²) in [6.07, 6.45) is 6.79. The summed E-state index contributed by atoms with van der Waals surface area (Å²) in [7, 11) is 0. The van der Waals surface area contributed by atoms with Crippen LogP contribution < -0.4 is 5.32 Å². The zero-order valence-electron chi connectivity index (χ0n) is 13.0. The number of piperidine rings is 1. The quantitative estimate of drug-likeness (QED) is 0.794. The molecule has 6 heteroatoms. The monoisotopic (exact) mass is 310 g/mol. The second kappa shape index (κ2) is 8.32. The Hall–Kier alpha value is -1.17. The molecule has 0 aliphatic carbocycles. The fraction of sp³-hybridized carbons (Fsp3) is 0.733. The van der Waals surface area contributed by atoms with Crippen LogP contribution >= 0.6 is 11.8 Å². The molecule has 2 amide bonds. The number of nitrogens with one attached hydrogen (secondary N) is 2. The maximum Gasteiger partial charge on any atom is 0.317 e. The summed E-state index contributed by atoms with van der Waals surface area (Å²) in [5, 5.41) is 3.12. The van der Waals surface area contributed by atoms with Gasteiger partial charge in [-0.15, -0.1) is 0 Å². The number of imidazole rings is 1.